The Hall–Kier alpha value is -3.33. The average Bonchev–Trinajstić information content (AvgIpc) is 3.36. The number of anilines is 2. The van der Waals surface area contributed by atoms with Crippen LogP contribution in [0.5, 0.6) is 0 Å². The fourth-order valence-electron chi connectivity index (χ4n) is 4.28. The molecule has 0 radical (unpaired) electrons. The number of nitrogens with zero attached hydrogens (tertiary/aromatic N) is 3. The van der Waals surface area contributed by atoms with Crippen molar-refractivity contribution in [2.24, 2.45) is 11.8 Å². The molecule has 2 atom stereocenters. The van der Waals surface area contributed by atoms with E-state index in [9.17, 15) is 19.2 Å². The highest BCUT2D eigenvalue weighted by molar-refractivity contribution is 7.14. The van der Waals surface area contributed by atoms with Gasteiger partial charge in [-0.1, -0.05) is 18.2 Å². The Morgan fingerprint density at radius 2 is 1.79 bits per heavy atom. The van der Waals surface area contributed by atoms with E-state index in [2.05, 4.69) is 4.98 Å². The number of rotatable bonds is 7. The lowest BCUT2D eigenvalue weighted by molar-refractivity contribution is -0.147. The molecule has 0 N–H and O–H groups in total. The molecule has 2 aliphatic rings. The molecule has 1 aromatic carbocycles. The van der Waals surface area contributed by atoms with E-state index in [-0.39, 0.29) is 49.1 Å². The minimum Gasteiger partial charge on any atom is -0.459 e. The number of amides is 3. The molecule has 1 saturated heterocycles. The molecule has 1 aliphatic heterocycles. The van der Waals surface area contributed by atoms with E-state index in [1.54, 1.807) is 5.38 Å². The van der Waals surface area contributed by atoms with E-state index in [4.69, 9.17) is 4.74 Å². The number of thiazole rings is 1. The Kier molecular flexibility index (Phi) is 6.92. The van der Waals surface area contributed by atoms with Gasteiger partial charge in [0.15, 0.2) is 5.13 Å². The van der Waals surface area contributed by atoms with Crippen LogP contribution < -0.4 is 4.90 Å². The van der Waals surface area contributed by atoms with Gasteiger partial charge in [0, 0.05) is 18.8 Å². The average molecular weight is 482 g/mol. The molecule has 8 nitrogen and oxygen atoms in total. The van der Waals surface area contributed by atoms with Crippen molar-refractivity contribution in [2.45, 2.75) is 46.6 Å². The van der Waals surface area contributed by atoms with E-state index in [1.807, 2.05) is 44.2 Å². The minimum absolute atomic E-state index is 0.0245. The summed E-state index contributed by atoms with van der Waals surface area (Å²) in [5.74, 6) is -1.69. The second-order valence-electron chi connectivity index (χ2n) is 8.64. The standard InChI is InChI=1S/C25H27N3O5S/c1-15-8-9-19(12-16(15)2)28(17(3)29)25-26-18(14-34-25)13-33-22(30)10-11-27-23(31)20-6-4-5-7-21(20)24(27)32/h4-5,8-9,12,14,20-21H,6-7,10-11,13H2,1-3H3/t20-,21+. The van der Waals surface area contributed by atoms with Gasteiger partial charge in [0.25, 0.3) is 0 Å². The van der Waals surface area contributed by atoms with Crippen LogP contribution in [-0.4, -0.2) is 40.1 Å². The van der Waals surface area contributed by atoms with Crippen molar-refractivity contribution in [2.75, 3.05) is 11.4 Å². The number of benzene rings is 1. The Bertz CT molecular complexity index is 1150. The van der Waals surface area contributed by atoms with Crippen LogP contribution in [0.15, 0.2) is 35.7 Å². The molecular weight excluding hydrogens is 454 g/mol. The fourth-order valence-corrected chi connectivity index (χ4v) is 5.15. The SMILES string of the molecule is CC(=O)N(c1ccc(C)c(C)c1)c1nc(COC(=O)CCN2C(=O)[C@H]3CC=CC[C@H]3C2=O)cs1. The van der Waals surface area contributed by atoms with E-state index in [0.717, 1.165) is 16.8 Å². The molecule has 178 valence electrons. The molecule has 9 heteroatoms. The van der Waals surface area contributed by atoms with Gasteiger partial charge in [-0.15, -0.1) is 11.3 Å². The number of aryl methyl sites for hydroxylation is 2. The predicted molar refractivity (Wildman–Crippen MR) is 127 cm³/mol. The lowest BCUT2D eigenvalue weighted by atomic mass is 9.85. The first kappa shape index (κ1) is 23.8. The number of fused-ring (bicyclic) bond motifs is 1. The number of hydrogen-bond acceptors (Lipinski definition) is 7. The quantitative estimate of drug-likeness (QED) is 0.339. The third kappa shape index (κ3) is 4.79. The maximum absolute atomic E-state index is 12.5. The van der Waals surface area contributed by atoms with Gasteiger partial charge in [0.05, 0.1) is 29.6 Å². The number of likely N-dealkylation sites (tertiary alicyclic amines) is 1. The first-order valence-corrected chi connectivity index (χ1v) is 12.1. The summed E-state index contributed by atoms with van der Waals surface area (Å²) in [5.41, 5.74) is 3.45. The van der Waals surface area contributed by atoms with Crippen LogP contribution in [0.2, 0.25) is 0 Å². The van der Waals surface area contributed by atoms with Crippen LogP contribution in [0.25, 0.3) is 0 Å². The lowest BCUT2D eigenvalue weighted by Gasteiger charge is -2.19. The number of imide groups is 1. The molecule has 1 aliphatic carbocycles. The zero-order valence-electron chi connectivity index (χ0n) is 19.4. The Labute approximate surface area is 202 Å². The first-order valence-electron chi connectivity index (χ1n) is 11.2. The van der Waals surface area contributed by atoms with Gasteiger partial charge in [0.1, 0.15) is 6.61 Å². The molecule has 3 amide bonds. The van der Waals surface area contributed by atoms with E-state index < -0.39 is 5.97 Å². The summed E-state index contributed by atoms with van der Waals surface area (Å²) in [6.45, 7) is 5.44. The monoisotopic (exact) mass is 481 g/mol. The number of allylic oxidation sites excluding steroid dienone is 2. The molecule has 2 heterocycles. The van der Waals surface area contributed by atoms with Crippen molar-refractivity contribution in [3.8, 4) is 0 Å². The van der Waals surface area contributed by atoms with Crippen molar-refractivity contribution in [3.63, 3.8) is 0 Å². The van der Waals surface area contributed by atoms with Crippen LogP contribution >= 0.6 is 11.3 Å². The number of aromatic nitrogens is 1. The predicted octanol–water partition coefficient (Wildman–Crippen LogP) is 3.83. The molecular formula is C25H27N3O5S. The smallest absolute Gasteiger partial charge is 0.307 e. The maximum atomic E-state index is 12.5. The van der Waals surface area contributed by atoms with Crippen molar-refractivity contribution in [1.82, 2.24) is 9.88 Å². The van der Waals surface area contributed by atoms with Gasteiger partial charge >= 0.3 is 5.97 Å². The van der Waals surface area contributed by atoms with Gasteiger partial charge in [-0.3, -0.25) is 29.0 Å². The van der Waals surface area contributed by atoms with E-state index in [1.165, 1.54) is 28.1 Å². The zero-order chi connectivity index (χ0) is 24.4. The third-order valence-corrected chi connectivity index (χ3v) is 7.19. The highest BCUT2D eigenvalue weighted by atomic mass is 32.1. The normalized spacial score (nSPS) is 19.3. The summed E-state index contributed by atoms with van der Waals surface area (Å²) in [5, 5.41) is 2.23. The van der Waals surface area contributed by atoms with Gasteiger partial charge in [-0.05, 0) is 49.9 Å². The molecule has 4 rings (SSSR count). The van der Waals surface area contributed by atoms with Gasteiger partial charge in [-0.2, -0.15) is 0 Å². The minimum atomic E-state index is -0.513. The van der Waals surface area contributed by atoms with Gasteiger partial charge < -0.3 is 4.74 Å². The first-order chi connectivity index (χ1) is 16.3. The van der Waals surface area contributed by atoms with Crippen LogP contribution in [0.1, 0.15) is 43.0 Å². The van der Waals surface area contributed by atoms with Crippen LogP contribution in [0, 0.1) is 25.7 Å². The Morgan fingerprint density at radius 3 is 2.41 bits per heavy atom. The van der Waals surface area contributed by atoms with Crippen LogP contribution in [0.4, 0.5) is 10.8 Å². The van der Waals surface area contributed by atoms with Crippen molar-refractivity contribution in [3.05, 3.63) is 52.6 Å². The van der Waals surface area contributed by atoms with Gasteiger partial charge in [-0.25, -0.2) is 4.98 Å². The molecule has 1 aromatic heterocycles. The second kappa shape index (κ2) is 9.89. The molecule has 0 saturated carbocycles. The number of ether oxygens (including phenoxy) is 1. The highest BCUT2D eigenvalue weighted by Gasteiger charge is 2.46. The van der Waals surface area contributed by atoms with Crippen molar-refractivity contribution < 1.29 is 23.9 Å². The summed E-state index contributed by atoms with van der Waals surface area (Å²) < 4.78 is 5.31. The lowest BCUT2D eigenvalue weighted by Crippen LogP contribution is -2.33. The number of hydrogen-bond donors (Lipinski definition) is 0. The summed E-state index contributed by atoms with van der Waals surface area (Å²) in [6.07, 6.45) is 4.94. The van der Waals surface area contributed by atoms with Crippen molar-refractivity contribution >= 4 is 45.8 Å². The summed E-state index contributed by atoms with van der Waals surface area (Å²) in [6, 6.07) is 5.77. The van der Waals surface area contributed by atoms with Crippen LogP contribution in [-0.2, 0) is 30.5 Å². The molecule has 0 spiro atoms. The fraction of sp³-hybridized carbons (Fsp3) is 0.400. The Balaban J connectivity index is 1.33. The van der Waals surface area contributed by atoms with Crippen LogP contribution in [0.3, 0.4) is 0 Å². The topological polar surface area (TPSA) is 96.9 Å². The maximum Gasteiger partial charge on any atom is 0.307 e. The zero-order valence-corrected chi connectivity index (χ0v) is 20.3. The summed E-state index contributed by atoms with van der Waals surface area (Å²) in [4.78, 5) is 56.8. The molecule has 2 aromatic rings. The van der Waals surface area contributed by atoms with E-state index in [0.29, 0.717) is 23.7 Å². The Morgan fingerprint density at radius 1 is 1.12 bits per heavy atom. The molecule has 0 unspecified atom stereocenters. The number of esters is 1. The summed E-state index contributed by atoms with van der Waals surface area (Å²) in [7, 11) is 0. The van der Waals surface area contributed by atoms with Crippen molar-refractivity contribution in [1.29, 1.82) is 0 Å². The largest absolute Gasteiger partial charge is 0.459 e. The molecule has 34 heavy (non-hydrogen) atoms. The molecule has 0 bridgehead atoms. The number of carbonyl (C=O) groups excluding carboxylic acids is 4. The third-order valence-electron chi connectivity index (χ3n) is 6.31. The van der Waals surface area contributed by atoms with E-state index >= 15 is 0 Å². The number of carbonyl (C=O) groups is 4. The highest BCUT2D eigenvalue weighted by Crippen LogP contribution is 2.35. The second-order valence-corrected chi connectivity index (χ2v) is 9.48. The summed E-state index contributed by atoms with van der Waals surface area (Å²) >= 11 is 1.29. The molecule has 1 fully saturated rings. The van der Waals surface area contributed by atoms with Gasteiger partial charge in [0.2, 0.25) is 17.7 Å².